The van der Waals surface area contributed by atoms with E-state index < -0.39 is 11.7 Å². The van der Waals surface area contributed by atoms with Crippen molar-refractivity contribution < 1.29 is 19.7 Å². The van der Waals surface area contributed by atoms with Crippen LogP contribution in [0, 0.1) is 23.2 Å². The Morgan fingerprint density at radius 2 is 1.91 bits per heavy atom. The first-order valence-electron chi connectivity index (χ1n) is 12.4. The highest BCUT2D eigenvalue weighted by molar-refractivity contribution is 5.76. The highest BCUT2D eigenvalue weighted by Gasteiger charge is 2.59. The first-order chi connectivity index (χ1) is 15.3. The summed E-state index contributed by atoms with van der Waals surface area (Å²) in [6.07, 6.45) is 6.48. The summed E-state index contributed by atoms with van der Waals surface area (Å²) in [6.45, 7) is 6.57. The second-order valence-electron chi connectivity index (χ2n) is 11.0. The van der Waals surface area contributed by atoms with Gasteiger partial charge in [0.25, 0.3) is 0 Å². The number of piperidine rings is 1. The van der Waals surface area contributed by atoms with E-state index in [2.05, 4.69) is 37.0 Å². The fourth-order valence-corrected chi connectivity index (χ4v) is 6.86. The summed E-state index contributed by atoms with van der Waals surface area (Å²) in [5.74, 6) is -0.185. The maximum absolute atomic E-state index is 12.9. The average molecular weight is 440 g/mol. The van der Waals surface area contributed by atoms with E-state index in [1.165, 1.54) is 5.57 Å². The van der Waals surface area contributed by atoms with Gasteiger partial charge in [0.15, 0.2) is 0 Å². The van der Waals surface area contributed by atoms with E-state index in [4.69, 9.17) is 4.74 Å². The molecule has 1 saturated carbocycles. The zero-order chi connectivity index (χ0) is 22.5. The molecule has 2 aliphatic carbocycles. The highest BCUT2D eigenvalue weighted by Crippen LogP contribution is 2.56. The van der Waals surface area contributed by atoms with Gasteiger partial charge in [-0.1, -0.05) is 55.8 Å². The molecular weight excluding hydrogens is 402 g/mol. The zero-order valence-corrected chi connectivity index (χ0v) is 19.4. The summed E-state index contributed by atoms with van der Waals surface area (Å²) in [5.41, 5.74) is 1.49. The van der Waals surface area contributed by atoms with Gasteiger partial charge >= 0.3 is 5.97 Å². The average Bonchev–Trinajstić information content (AvgIpc) is 3.08. The molecular formula is C27H37NO4. The van der Waals surface area contributed by atoms with E-state index in [1.807, 2.05) is 18.2 Å². The maximum atomic E-state index is 12.9. The lowest BCUT2D eigenvalue weighted by Crippen LogP contribution is -2.55. The van der Waals surface area contributed by atoms with Crippen LogP contribution in [0.25, 0.3) is 0 Å². The predicted octanol–water partition coefficient (Wildman–Crippen LogP) is 3.34. The fraction of sp³-hybridized carbons (Fsp3) is 0.667. The van der Waals surface area contributed by atoms with Gasteiger partial charge in [-0.2, -0.15) is 0 Å². The van der Waals surface area contributed by atoms with Crippen molar-refractivity contribution in [1.82, 2.24) is 4.90 Å². The minimum atomic E-state index is -0.689. The number of hydrogen-bond acceptors (Lipinski definition) is 5. The third kappa shape index (κ3) is 3.72. The Hall–Kier alpha value is -1.69. The Labute approximate surface area is 191 Å². The van der Waals surface area contributed by atoms with Gasteiger partial charge in [-0.05, 0) is 37.2 Å². The van der Waals surface area contributed by atoms with Crippen molar-refractivity contribution in [3.63, 3.8) is 0 Å². The van der Waals surface area contributed by atoms with Crippen molar-refractivity contribution in [2.24, 2.45) is 23.2 Å². The largest absolute Gasteiger partial charge is 0.461 e. The van der Waals surface area contributed by atoms with Crippen molar-refractivity contribution >= 4 is 5.97 Å². The van der Waals surface area contributed by atoms with Gasteiger partial charge in [-0.15, -0.1) is 0 Å². The van der Waals surface area contributed by atoms with Crippen LogP contribution >= 0.6 is 0 Å². The van der Waals surface area contributed by atoms with E-state index in [0.29, 0.717) is 31.7 Å². The number of esters is 1. The molecule has 2 aliphatic heterocycles. The molecule has 1 aromatic carbocycles. The molecule has 0 spiro atoms. The zero-order valence-electron chi connectivity index (χ0n) is 19.4. The van der Waals surface area contributed by atoms with Crippen LogP contribution in [0.15, 0.2) is 42.0 Å². The molecule has 0 unspecified atom stereocenters. The number of ether oxygens (including phenoxy) is 1. The van der Waals surface area contributed by atoms with Crippen LogP contribution in [0.1, 0.15) is 51.5 Å². The maximum Gasteiger partial charge on any atom is 0.311 e. The van der Waals surface area contributed by atoms with Crippen molar-refractivity contribution in [2.45, 2.75) is 70.2 Å². The number of fused-ring (bicyclic) bond motifs is 2. The molecule has 4 aliphatic rings. The molecule has 3 fully saturated rings. The Kier molecular flexibility index (Phi) is 5.71. The molecule has 2 heterocycles. The van der Waals surface area contributed by atoms with Crippen LogP contribution in [0.2, 0.25) is 0 Å². The molecule has 5 heteroatoms. The van der Waals surface area contributed by atoms with E-state index in [1.54, 1.807) is 0 Å². The molecule has 5 nitrogen and oxygen atoms in total. The first-order valence-corrected chi connectivity index (χ1v) is 12.4. The number of nitrogens with zero attached hydrogens (tertiary/aromatic N) is 1. The summed E-state index contributed by atoms with van der Waals surface area (Å²) in [7, 11) is 0. The lowest BCUT2D eigenvalue weighted by molar-refractivity contribution is -0.145. The van der Waals surface area contributed by atoms with Crippen LogP contribution < -0.4 is 0 Å². The molecule has 0 aromatic heterocycles. The standard InChI is InChI=1S/C27H37NO4/c1-18-7-6-10-20-15-22-23(24(29)26(18,20)2)21(25(30)32-22)17-28-13-11-27(31,12-14-28)16-19-8-4-3-5-9-19/h3-5,8-10,18,21-24,29,31H,6-7,11-17H2,1-2H3/t18-,21-,22-,23+,24+,26-/m1/s1. The Bertz CT molecular complexity index is 875. The number of aliphatic hydroxyl groups is 2. The molecule has 0 radical (unpaired) electrons. The third-order valence-electron chi connectivity index (χ3n) is 9.19. The number of aliphatic hydroxyl groups excluding tert-OH is 1. The van der Waals surface area contributed by atoms with Gasteiger partial charge in [-0.25, -0.2) is 0 Å². The molecule has 1 aromatic rings. The van der Waals surface area contributed by atoms with Crippen LogP contribution in [-0.4, -0.2) is 58.5 Å². The van der Waals surface area contributed by atoms with Gasteiger partial charge in [0, 0.05) is 43.8 Å². The number of hydrogen-bond donors (Lipinski definition) is 2. The highest BCUT2D eigenvalue weighted by atomic mass is 16.6. The van der Waals surface area contributed by atoms with E-state index >= 15 is 0 Å². The molecule has 2 N–H and O–H groups in total. The number of likely N-dealkylation sites (tertiary alicyclic amines) is 1. The lowest BCUT2D eigenvalue weighted by atomic mass is 9.55. The van der Waals surface area contributed by atoms with Crippen molar-refractivity contribution in [1.29, 1.82) is 0 Å². The number of allylic oxidation sites excluding steroid dienone is 1. The number of carbonyl (C=O) groups is 1. The number of carbonyl (C=O) groups excluding carboxylic acids is 1. The normalized spacial score (nSPS) is 39.1. The molecule has 2 saturated heterocycles. The van der Waals surface area contributed by atoms with Gasteiger partial charge in [-0.3, -0.25) is 4.79 Å². The van der Waals surface area contributed by atoms with E-state index in [0.717, 1.165) is 37.9 Å². The predicted molar refractivity (Wildman–Crippen MR) is 123 cm³/mol. The Balaban J connectivity index is 1.26. The van der Waals surface area contributed by atoms with Crippen LogP contribution in [0.4, 0.5) is 0 Å². The lowest BCUT2D eigenvalue weighted by Gasteiger charge is -2.52. The quantitative estimate of drug-likeness (QED) is 0.556. The van der Waals surface area contributed by atoms with Gasteiger partial charge < -0.3 is 19.8 Å². The summed E-state index contributed by atoms with van der Waals surface area (Å²) in [4.78, 5) is 15.2. The van der Waals surface area contributed by atoms with E-state index in [9.17, 15) is 15.0 Å². The molecule has 0 amide bonds. The van der Waals surface area contributed by atoms with Crippen molar-refractivity contribution in [3.8, 4) is 0 Å². The number of rotatable bonds is 4. The third-order valence-corrected chi connectivity index (χ3v) is 9.19. The molecule has 32 heavy (non-hydrogen) atoms. The minimum absolute atomic E-state index is 0.143. The fourth-order valence-electron chi connectivity index (χ4n) is 6.86. The summed E-state index contributed by atoms with van der Waals surface area (Å²) < 4.78 is 5.82. The second kappa shape index (κ2) is 8.27. The van der Waals surface area contributed by atoms with Crippen molar-refractivity contribution in [3.05, 3.63) is 47.5 Å². The molecule has 6 atom stereocenters. The van der Waals surface area contributed by atoms with Crippen LogP contribution in [-0.2, 0) is 16.0 Å². The monoisotopic (exact) mass is 439 g/mol. The minimum Gasteiger partial charge on any atom is -0.461 e. The summed E-state index contributed by atoms with van der Waals surface area (Å²) in [5, 5.41) is 22.7. The SMILES string of the molecule is C[C@@H]1CCC=C2C[C@H]3OC(=O)[C@H](CN4CCC(O)(Cc5ccccc5)CC4)[C@@H]3[C@H](O)[C@@]21C. The van der Waals surface area contributed by atoms with Gasteiger partial charge in [0.05, 0.1) is 17.6 Å². The summed E-state index contributed by atoms with van der Waals surface area (Å²) in [6, 6.07) is 10.2. The van der Waals surface area contributed by atoms with Crippen LogP contribution in [0.5, 0.6) is 0 Å². The van der Waals surface area contributed by atoms with Crippen LogP contribution in [0.3, 0.4) is 0 Å². The van der Waals surface area contributed by atoms with Gasteiger partial charge in [0.1, 0.15) is 6.10 Å². The Morgan fingerprint density at radius 3 is 2.62 bits per heavy atom. The summed E-state index contributed by atoms with van der Waals surface area (Å²) >= 11 is 0. The Morgan fingerprint density at radius 1 is 1.19 bits per heavy atom. The molecule has 5 rings (SSSR count). The number of benzene rings is 1. The second-order valence-corrected chi connectivity index (χ2v) is 11.0. The van der Waals surface area contributed by atoms with E-state index in [-0.39, 0.29) is 29.3 Å². The van der Waals surface area contributed by atoms with Gasteiger partial charge in [0.2, 0.25) is 0 Å². The topological polar surface area (TPSA) is 70.0 Å². The van der Waals surface area contributed by atoms with Crippen molar-refractivity contribution in [2.75, 3.05) is 19.6 Å². The molecule has 0 bridgehead atoms. The molecule has 174 valence electrons. The first kappa shape index (κ1) is 22.1. The smallest absolute Gasteiger partial charge is 0.311 e.